The van der Waals surface area contributed by atoms with E-state index in [1.165, 1.54) is 11.0 Å². The molecule has 5 nitrogen and oxygen atoms in total. The zero-order valence-corrected chi connectivity index (χ0v) is 13.6. The van der Waals surface area contributed by atoms with Crippen molar-refractivity contribution >= 4 is 45.0 Å². The smallest absolute Gasteiger partial charge is 0.336 e. The van der Waals surface area contributed by atoms with Crippen LogP contribution in [0.1, 0.15) is 15.9 Å². The van der Waals surface area contributed by atoms with E-state index in [4.69, 9.17) is 5.11 Å². The number of urea groups is 1. The van der Waals surface area contributed by atoms with E-state index in [0.29, 0.717) is 16.7 Å². The molecular formula is C14H13BrN2O3S. The van der Waals surface area contributed by atoms with E-state index in [1.54, 1.807) is 30.5 Å². The zero-order valence-electron chi connectivity index (χ0n) is 11.2. The predicted octanol–water partition coefficient (Wildman–Crippen LogP) is 3.87. The lowest BCUT2D eigenvalue weighted by atomic mass is 10.2. The Balaban J connectivity index is 2.05. The molecule has 0 atom stereocenters. The Morgan fingerprint density at radius 2 is 2.14 bits per heavy atom. The first-order valence-corrected chi connectivity index (χ1v) is 7.77. The van der Waals surface area contributed by atoms with E-state index >= 15 is 0 Å². The van der Waals surface area contributed by atoms with E-state index in [2.05, 4.69) is 21.2 Å². The van der Waals surface area contributed by atoms with E-state index in [9.17, 15) is 9.59 Å². The number of aromatic carboxylic acids is 1. The number of nitrogens with one attached hydrogen (secondary N) is 1. The first-order chi connectivity index (χ1) is 9.97. The third kappa shape index (κ3) is 4.05. The number of nitrogens with zero attached hydrogens (tertiary/aromatic N) is 1. The highest BCUT2D eigenvalue weighted by Gasteiger charge is 2.13. The molecule has 2 aromatic rings. The molecule has 0 aliphatic carbocycles. The number of halogens is 1. The van der Waals surface area contributed by atoms with Gasteiger partial charge in [0, 0.05) is 23.8 Å². The Morgan fingerprint density at radius 1 is 1.38 bits per heavy atom. The van der Waals surface area contributed by atoms with Crippen LogP contribution in [0.25, 0.3) is 0 Å². The first-order valence-electron chi connectivity index (χ1n) is 6.03. The summed E-state index contributed by atoms with van der Waals surface area (Å²) in [6.45, 7) is 0.498. The summed E-state index contributed by atoms with van der Waals surface area (Å²) in [7, 11) is 1.68. The second kappa shape index (κ2) is 6.73. The van der Waals surface area contributed by atoms with Gasteiger partial charge >= 0.3 is 12.0 Å². The SMILES string of the molecule is CN(Cc1ccsc1)C(=O)Nc1ccc(Br)c(C(=O)O)c1. The topological polar surface area (TPSA) is 69.6 Å². The van der Waals surface area contributed by atoms with Gasteiger partial charge in [-0.05, 0) is 56.5 Å². The molecular weight excluding hydrogens is 356 g/mol. The van der Waals surface area contributed by atoms with Gasteiger partial charge in [0.15, 0.2) is 0 Å². The highest BCUT2D eigenvalue weighted by molar-refractivity contribution is 9.10. The maximum absolute atomic E-state index is 12.1. The molecule has 0 radical (unpaired) electrons. The summed E-state index contributed by atoms with van der Waals surface area (Å²) in [6, 6.07) is 6.32. The average molecular weight is 369 g/mol. The molecule has 2 rings (SSSR count). The van der Waals surface area contributed by atoms with Crippen molar-refractivity contribution in [3.63, 3.8) is 0 Å². The number of carbonyl (C=O) groups is 2. The molecule has 1 heterocycles. The van der Waals surface area contributed by atoms with Gasteiger partial charge < -0.3 is 15.3 Å². The number of benzene rings is 1. The van der Waals surface area contributed by atoms with Crippen LogP contribution in [0.5, 0.6) is 0 Å². The molecule has 0 bridgehead atoms. The highest BCUT2D eigenvalue weighted by Crippen LogP contribution is 2.21. The van der Waals surface area contributed by atoms with Crippen molar-refractivity contribution in [2.24, 2.45) is 0 Å². The predicted molar refractivity (Wildman–Crippen MR) is 85.9 cm³/mol. The normalized spacial score (nSPS) is 10.2. The molecule has 0 fully saturated rings. The maximum Gasteiger partial charge on any atom is 0.336 e. The van der Waals surface area contributed by atoms with Crippen LogP contribution in [-0.4, -0.2) is 29.1 Å². The molecule has 0 spiro atoms. The standard InChI is InChI=1S/C14H13BrN2O3S/c1-17(7-9-4-5-21-8-9)14(20)16-10-2-3-12(15)11(6-10)13(18)19/h2-6,8H,7H2,1H3,(H,16,20)(H,18,19). The molecule has 1 aromatic heterocycles. The van der Waals surface area contributed by atoms with Gasteiger partial charge in [-0.1, -0.05) is 0 Å². The zero-order chi connectivity index (χ0) is 15.4. The van der Waals surface area contributed by atoms with Crippen LogP contribution in [0.4, 0.5) is 10.5 Å². The number of carbonyl (C=O) groups excluding carboxylic acids is 1. The lowest BCUT2D eigenvalue weighted by molar-refractivity contribution is 0.0696. The molecule has 7 heteroatoms. The Labute approximate surface area is 134 Å². The minimum absolute atomic E-state index is 0.105. The molecule has 1 aromatic carbocycles. The Bertz CT molecular complexity index is 658. The van der Waals surface area contributed by atoms with Gasteiger partial charge in [0.05, 0.1) is 5.56 Å². The van der Waals surface area contributed by atoms with Gasteiger partial charge in [-0.25, -0.2) is 9.59 Å². The second-order valence-corrected chi connectivity index (χ2v) is 6.05. The summed E-state index contributed by atoms with van der Waals surface area (Å²) >= 11 is 4.74. The lowest BCUT2D eigenvalue weighted by Crippen LogP contribution is -2.30. The van der Waals surface area contributed by atoms with Gasteiger partial charge in [-0.2, -0.15) is 11.3 Å². The van der Waals surface area contributed by atoms with Crippen LogP contribution < -0.4 is 5.32 Å². The summed E-state index contributed by atoms with van der Waals surface area (Å²) < 4.78 is 0.472. The Hall–Kier alpha value is -1.86. The van der Waals surface area contributed by atoms with Crippen molar-refractivity contribution in [1.29, 1.82) is 0 Å². The summed E-state index contributed by atoms with van der Waals surface area (Å²) in [5.74, 6) is -1.05. The number of hydrogen-bond donors (Lipinski definition) is 2. The van der Waals surface area contributed by atoms with E-state index in [-0.39, 0.29) is 11.6 Å². The molecule has 0 aliphatic heterocycles. The quantitative estimate of drug-likeness (QED) is 0.860. The van der Waals surface area contributed by atoms with Crippen LogP contribution in [0.2, 0.25) is 0 Å². The van der Waals surface area contributed by atoms with Crippen molar-refractivity contribution in [2.45, 2.75) is 6.54 Å². The molecule has 2 amide bonds. The first kappa shape index (κ1) is 15.5. The monoisotopic (exact) mass is 368 g/mol. The van der Waals surface area contributed by atoms with Crippen LogP contribution >= 0.6 is 27.3 Å². The molecule has 0 aliphatic rings. The van der Waals surface area contributed by atoms with Crippen molar-refractivity contribution in [3.8, 4) is 0 Å². The van der Waals surface area contributed by atoms with Crippen LogP contribution in [0.3, 0.4) is 0 Å². The summed E-state index contributed by atoms with van der Waals surface area (Å²) in [5, 5.41) is 15.7. The second-order valence-electron chi connectivity index (χ2n) is 4.42. The van der Waals surface area contributed by atoms with Crippen LogP contribution in [-0.2, 0) is 6.54 Å². The van der Waals surface area contributed by atoms with Crippen molar-refractivity contribution in [2.75, 3.05) is 12.4 Å². The number of carboxylic acid groups (broad SMARTS) is 1. The molecule has 110 valence electrons. The van der Waals surface area contributed by atoms with Gasteiger partial charge in [0.25, 0.3) is 0 Å². The summed E-state index contributed by atoms with van der Waals surface area (Å²) in [4.78, 5) is 24.6. The third-order valence-electron chi connectivity index (χ3n) is 2.79. The number of rotatable bonds is 4. The lowest BCUT2D eigenvalue weighted by Gasteiger charge is -2.17. The third-order valence-corrected chi connectivity index (χ3v) is 4.22. The number of amides is 2. The van der Waals surface area contributed by atoms with E-state index in [0.717, 1.165) is 5.56 Å². The van der Waals surface area contributed by atoms with Gasteiger partial charge in [-0.15, -0.1) is 0 Å². The Morgan fingerprint density at radius 3 is 2.76 bits per heavy atom. The largest absolute Gasteiger partial charge is 0.478 e. The maximum atomic E-state index is 12.1. The highest BCUT2D eigenvalue weighted by atomic mass is 79.9. The van der Waals surface area contributed by atoms with Gasteiger partial charge in [0.2, 0.25) is 0 Å². The van der Waals surface area contributed by atoms with Crippen LogP contribution in [0.15, 0.2) is 39.5 Å². The fourth-order valence-corrected chi connectivity index (χ4v) is 2.79. The van der Waals surface area contributed by atoms with Crippen molar-refractivity contribution < 1.29 is 14.7 Å². The van der Waals surface area contributed by atoms with Crippen molar-refractivity contribution in [1.82, 2.24) is 4.90 Å². The number of anilines is 1. The minimum Gasteiger partial charge on any atom is -0.478 e. The van der Waals surface area contributed by atoms with Crippen LogP contribution in [0, 0.1) is 0 Å². The van der Waals surface area contributed by atoms with E-state index < -0.39 is 5.97 Å². The molecule has 21 heavy (non-hydrogen) atoms. The number of carboxylic acids is 1. The number of hydrogen-bond acceptors (Lipinski definition) is 3. The average Bonchev–Trinajstić information content (AvgIpc) is 2.93. The fourth-order valence-electron chi connectivity index (χ4n) is 1.71. The summed E-state index contributed by atoms with van der Waals surface area (Å²) in [6.07, 6.45) is 0. The van der Waals surface area contributed by atoms with Gasteiger partial charge in [-0.3, -0.25) is 0 Å². The molecule has 0 unspecified atom stereocenters. The molecule has 0 saturated heterocycles. The van der Waals surface area contributed by atoms with Gasteiger partial charge in [0.1, 0.15) is 0 Å². The molecule has 0 saturated carbocycles. The van der Waals surface area contributed by atoms with E-state index in [1.807, 2.05) is 16.8 Å². The number of thiophene rings is 1. The fraction of sp³-hybridized carbons (Fsp3) is 0.143. The minimum atomic E-state index is -1.05. The Kier molecular flexibility index (Phi) is 4.98. The summed E-state index contributed by atoms with van der Waals surface area (Å²) in [5.41, 5.74) is 1.60. The molecule has 2 N–H and O–H groups in total. The van der Waals surface area contributed by atoms with Crippen molar-refractivity contribution in [3.05, 3.63) is 50.6 Å².